The molecule has 2 unspecified atom stereocenters. The first-order chi connectivity index (χ1) is 11.9. The van der Waals surface area contributed by atoms with Crippen LogP contribution in [0, 0.1) is 5.92 Å². The summed E-state index contributed by atoms with van der Waals surface area (Å²) in [4.78, 5) is 2.29. The number of hydrogen-bond donors (Lipinski definition) is 0. The maximum atomic E-state index is 12.6. The van der Waals surface area contributed by atoms with Gasteiger partial charge in [-0.05, 0) is 55.5 Å². The first-order valence-electron chi connectivity index (χ1n) is 8.81. The minimum atomic E-state index is -4.05. The molecular formula is C21H24F3N. The normalized spacial score (nSPS) is 20.0. The van der Waals surface area contributed by atoms with Crippen molar-refractivity contribution in [2.75, 3.05) is 13.6 Å². The molecule has 4 heteroatoms. The third-order valence-electron chi connectivity index (χ3n) is 4.92. The van der Waals surface area contributed by atoms with Gasteiger partial charge in [0, 0.05) is 6.54 Å². The van der Waals surface area contributed by atoms with E-state index >= 15 is 0 Å². The monoisotopic (exact) mass is 347 g/mol. The summed E-state index contributed by atoms with van der Waals surface area (Å²) < 4.78 is 37.9. The highest BCUT2D eigenvalue weighted by atomic mass is 19.4. The van der Waals surface area contributed by atoms with Gasteiger partial charge in [-0.1, -0.05) is 54.6 Å². The Morgan fingerprint density at radius 2 is 1.64 bits per heavy atom. The number of hydrogen-bond acceptors (Lipinski definition) is 1. The van der Waals surface area contributed by atoms with Crippen molar-refractivity contribution in [3.8, 4) is 0 Å². The fourth-order valence-electron chi connectivity index (χ4n) is 3.38. The van der Waals surface area contributed by atoms with E-state index in [1.54, 1.807) is 0 Å². The van der Waals surface area contributed by atoms with Gasteiger partial charge in [0.25, 0.3) is 0 Å². The molecule has 134 valence electrons. The summed E-state index contributed by atoms with van der Waals surface area (Å²) >= 11 is 0. The van der Waals surface area contributed by atoms with Crippen LogP contribution < -0.4 is 0 Å². The van der Waals surface area contributed by atoms with Crippen LogP contribution in [0.4, 0.5) is 13.2 Å². The number of nitrogens with zero attached hydrogens (tertiary/aromatic N) is 1. The third kappa shape index (κ3) is 5.08. The number of rotatable bonds is 7. The molecule has 25 heavy (non-hydrogen) atoms. The van der Waals surface area contributed by atoms with E-state index in [1.165, 1.54) is 11.1 Å². The van der Waals surface area contributed by atoms with E-state index in [2.05, 4.69) is 24.1 Å². The maximum absolute atomic E-state index is 12.6. The molecule has 2 atom stereocenters. The Balaban J connectivity index is 1.42. The van der Waals surface area contributed by atoms with Crippen LogP contribution in [-0.4, -0.2) is 24.7 Å². The van der Waals surface area contributed by atoms with Gasteiger partial charge in [0.2, 0.25) is 0 Å². The zero-order valence-corrected chi connectivity index (χ0v) is 14.5. The minimum Gasteiger partial charge on any atom is -0.302 e. The number of halogens is 3. The average Bonchev–Trinajstić information content (AvgIpc) is 3.37. The molecule has 0 aromatic heterocycles. The highest BCUT2D eigenvalue weighted by molar-refractivity contribution is 5.30. The molecule has 2 aromatic rings. The topological polar surface area (TPSA) is 3.24 Å². The lowest BCUT2D eigenvalue weighted by molar-refractivity contribution is -0.148. The first kappa shape index (κ1) is 18.0. The molecule has 1 fully saturated rings. The number of aryl methyl sites for hydroxylation is 1. The maximum Gasteiger partial charge on any atom is 0.392 e. The van der Waals surface area contributed by atoms with E-state index in [-0.39, 0.29) is 12.3 Å². The van der Waals surface area contributed by atoms with Gasteiger partial charge in [-0.25, -0.2) is 0 Å². The predicted molar refractivity (Wildman–Crippen MR) is 94.4 cm³/mol. The average molecular weight is 347 g/mol. The van der Waals surface area contributed by atoms with Gasteiger partial charge < -0.3 is 4.90 Å². The van der Waals surface area contributed by atoms with E-state index < -0.39 is 12.1 Å². The zero-order chi connectivity index (χ0) is 17.9. The number of benzene rings is 2. The van der Waals surface area contributed by atoms with E-state index in [0.29, 0.717) is 0 Å². The Kier molecular flexibility index (Phi) is 5.48. The smallest absolute Gasteiger partial charge is 0.302 e. The summed E-state index contributed by atoms with van der Waals surface area (Å²) in [7, 11) is 2.11. The molecule has 3 rings (SSSR count). The molecule has 1 nitrogen and oxygen atoms in total. The molecule has 0 radical (unpaired) electrons. The second-order valence-electron chi connectivity index (χ2n) is 7.06. The lowest BCUT2D eigenvalue weighted by Crippen LogP contribution is -2.19. The van der Waals surface area contributed by atoms with Crippen LogP contribution in [0.2, 0.25) is 0 Å². The Hall–Kier alpha value is -1.81. The van der Waals surface area contributed by atoms with Gasteiger partial charge in [0.1, 0.15) is 0 Å². The van der Waals surface area contributed by atoms with E-state index in [4.69, 9.17) is 0 Å². The molecule has 2 aromatic carbocycles. The van der Waals surface area contributed by atoms with E-state index in [1.807, 2.05) is 42.5 Å². The first-order valence-corrected chi connectivity index (χ1v) is 8.81. The van der Waals surface area contributed by atoms with Crippen LogP contribution in [0.15, 0.2) is 54.6 Å². The third-order valence-corrected chi connectivity index (χ3v) is 4.92. The molecule has 1 aliphatic carbocycles. The molecule has 0 amide bonds. The molecule has 0 spiro atoms. The zero-order valence-electron chi connectivity index (χ0n) is 14.5. The predicted octanol–water partition coefficient (Wildman–Crippen LogP) is 5.42. The molecule has 1 aliphatic rings. The van der Waals surface area contributed by atoms with Gasteiger partial charge in [-0.3, -0.25) is 0 Å². The fourth-order valence-corrected chi connectivity index (χ4v) is 3.38. The highest BCUT2D eigenvalue weighted by Gasteiger charge is 2.55. The Labute approximate surface area is 147 Å². The summed E-state index contributed by atoms with van der Waals surface area (Å²) in [6.07, 6.45) is -1.82. The van der Waals surface area contributed by atoms with Crippen molar-refractivity contribution in [2.45, 2.75) is 37.9 Å². The van der Waals surface area contributed by atoms with Gasteiger partial charge in [-0.2, -0.15) is 13.2 Å². The molecule has 0 N–H and O–H groups in total. The van der Waals surface area contributed by atoms with Gasteiger partial charge >= 0.3 is 6.18 Å². The van der Waals surface area contributed by atoms with Crippen molar-refractivity contribution in [2.24, 2.45) is 5.92 Å². The van der Waals surface area contributed by atoms with Gasteiger partial charge in [0.15, 0.2) is 0 Å². The van der Waals surface area contributed by atoms with Crippen molar-refractivity contribution in [3.63, 3.8) is 0 Å². The quantitative estimate of drug-likeness (QED) is 0.647. The Bertz CT molecular complexity index is 664. The molecular weight excluding hydrogens is 323 g/mol. The highest BCUT2D eigenvalue weighted by Crippen LogP contribution is 2.56. The van der Waals surface area contributed by atoms with Crippen molar-refractivity contribution in [1.29, 1.82) is 0 Å². The molecule has 0 bridgehead atoms. The van der Waals surface area contributed by atoms with Crippen LogP contribution in [0.3, 0.4) is 0 Å². The van der Waals surface area contributed by atoms with Gasteiger partial charge in [0.05, 0.1) is 5.92 Å². The summed E-state index contributed by atoms with van der Waals surface area (Å²) in [5.41, 5.74) is 3.33. The lowest BCUT2D eigenvalue weighted by Gasteiger charge is -2.16. The fraction of sp³-hybridized carbons (Fsp3) is 0.429. The van der Waals surface area contributed by atoms with E-state index in [9.17, 15) is 13.2 Å². The van der Waals surface area contributed by atoms with Crippen molar-refractivity contribution in [3.05, 3.63) is 71.3 Å². The number of alkyl halides is 3. The lowest BCUT2D eigenvalue weighted by atomic mass is 10.0. The largest absolute Gasteiger partial charge is 0.392 e. The second kappa shape index (κ2) is 7.61. The van der Waals surface area contributed by atoms with Crippen molar-refractivity contribution in [1.82, 2.24) is 4.90 Å². The van der Waals surface area contributed by atoms with Crippen molar-refractivity contribution < 1.29 is 13.2 Å². The summed E-state index contributed by atoms with van der Waals surface area (Å²) in [5.74, 6) is -1.46. The molecule has 1 saturated carbocycles. The van der Waals surface area contributed by atoms with E-state index in [0.717, 1.165) is 31.5 Å². The Morgan fingerprint density at radius 1 is 0.960 bits per heavy atom. The molecule has 0 saturated heterocycles. The van der Waals surface area contributed by atoms with Crippen molar-refractivity contribution >= 4 is 0 Å². The minimum absolute atomic E-state index is 0.243. The van der Waals surface area contributed by atoms with Crippen LogP contribution >= 0.6 is 0 Å². The molecule has 0 heterocycles. The van der Waals surface area contributed by atoms with Gasteiger partial charge in [-0.15, -0.1) is 0 Å². The molecule has 0 aliphatic heterocycles. The van der Waals surface area contributed by atoms with Crippen LogP contribution in [0.5, 0.6) is 0 Å². The SMILES string of the molecule is CN(CCCc1ccc(C2CC2C(F)(F)F)cc1)Cc1ccccc1. The van der Waals surface area contributed by atoms with Crippen LogP contribution in [0.1, 0.15) is 35.4 Å². The summed E-state index contributed by atoms with van der Waals surface area (Å²) in [6, 6.07) is 18.1. The summed E-state index contributed by atoms with van der Waals surface area (Å²) in [5, 5.41) is 0. The standard InChI is InChI=1S/C21H24F3N/c1-25(15-17-6-3-2-4-7-17)13-5-8-16-9-11-18(12-10-16)19-14-20(19)21(22,23)24/h2-4,6-7,9-12,19-20H,5,8,13-15H2,1H3. The van der Waals surface area contributed by atoms with Crippen LogP contribution in [-0.2, 0) is 13.0 Å². The summed E-state index contributed by atoms with van der Waals surface area (Å²) in [6.45, 7) is 1.93. The second-order valence-corrected chi connectivity index (χ2v) is 7.06. The van der Waals surface area contributed by atoms with Crippen LogP contribution in [0.25, 0.3) is 0 Å². The Morgan fingerprint density at radius 3 is 2.24 bits per heavy atom.